The van der Waals surface area contributed by atoms with E-state index in [2.05, 4.69) is 0 Å². The number of hydrogen-bond donors (Lipinski definition) is 0. The van der Waals surface area contributed by atoms with Gasteiger partial charge in [-0.1, -0.05) is 127 Å². The fraction of sp³-hybridized carbons (Fsp3) is 0. The molecule has 9 rings (SSSR count). The molecule has 2 nitrogen and oxygen atoms in total. The molecule has 0 amide bonds. The minimum Gasteiger partial charge on any atom is -0.455 e. The van der Waals surface area contributed by atoms with Crippen LogP contribution in [0.5, 0.6) is 0 Å². The molecule has 1 aromatic heterocycles. The molecule has 8 aromatic carbocycles. The summed E-state index contributed by atoms with van der Waals surface area (Å²) in [4.78, 5) is 0.536. The van der Waals surface area contributed by atoms with Gasteiger partial charge in [0.15, 0.2) is 0 Å². The zero-order valence-corrected chi connectivity index (χ0v) is 22.9. The van der Waals surface area contributed by atoms with E-state index in [0.717, 1.165) is 6.07 Å². The van der Waals surface area contributed by atoms with Crippen molar-refractivity contribution in [2.24, 2.45) is 0 Å². The second-order valence-corrected chi connectivity index (χ2v) is 9.59. The first-order valence-electron chi connectivity index (χ1n) is 27.4. The smallest absolute Gasteiger partial charge is 0.143 e. The number of para-hydroxylation sites is 1. The molecule has 0 radical (unpaired) electrons. The van der Waals surface area contributed by atoms with Gasteiger partial charge in [0.25, 0.3) is 0 Å². The predicted octanol–water partition coefficient (Wildman–Crippen LogP) is 12.7. The normalized spacial score (nSPS) is 20.0. The van der Waals surface area contributed by atoms with E-state index in [1.807, 2.05) is 0 Å². The van der Waals surface area contributed by atoms with Gasteiger partial charge in [-0.3, -0.25) is 0 Å². The molecule has 46 heavy (non-hydrogen) atoms. The molecule has 0 spiro atoms. The largest absolute Gasteiger partial charge is 0.455 e. The van der Waals surface area contributed by atoms with E-state index < -0.39 is 252 Å². The lowest BCUT2D eigenvalue weighted by Crippen LogP contribution is -2.10. The number of anilines is 3. The Morgan fingerprint density at radius 2 is 1.04 bits per heavy atom. The SMILES string of the molecule is [2H]c1cc(N(c2c([2H])c([2H])c(-c3c([2H])c([2H])c([2H])c([2H])c3[2H])c([2H])c2[2H])c2c([2H])c([2H])c([2H])c3c2c([2H])c([2H])c2c3oc3c([2H])c([2H])c([2H])c([2H])c32)c([2H])c([2H])c1-c1c([2H])c([2H])c2c([2H])c([2H])c([2H])c([2H])c2c1[2H]. The minimum atomic E-state index is -1.17. The van der Waals surface area contributed by atoms with Crippen LogP contribution in [0.25, 0.3) is 65.7 Å². The topological polar surface area (TPSA) is 16.4 Å². The number of fused-ring (bicyclic) bond motifs is 6. The Kier molecular flexibility index (Phi) is 2.46. The lowest BCUT2D eigenvalue weighted by Gasteiger charge is -2.27. The predicted molar refractivity (Wildman–Crippen MR) is 194 cm³/mol. The van der Waals surface area contributed by atoms with E-state index >= 15 is 0 Å². The van der Waals surface area contributed by atoms with E-state index in [-0.39, 0.29) is 0 Å². The van der Waals surface area contributed by atoms with Crippen LogP contribution in [-0.4, -0.2) is 0 Å². The van der Waals surface area contributed by atoms with Crippen molar-refractivity contribution in [2.45, 2.75) is 0 Å². The van der Waals surface area contributed by atoms with Crippen molar-refractivity contribution < 1.29 is 42.8 Å². The monoisotopic (exact) mass is 615 g/mol. The summed E-state index contributed by atoms with van der Waals surface area (Å²) in [6.07, 6.45) is 0. The van der Waals surface area contributed by atoms with Crippen LogP contribution in [0.15, 0.2) is 180 Å². The second-order valence-electron chi connectivity index (χ2n) is 9.59. The third-order valence-electron chi connectivity index (χ3n) is 6.95. The highest BCUT2D eigenvalue weighted by Gasteiger charge is 2.18. The number of furan rings is 1. The van der Waals surface area contributed by atoms with Gasteiger partial charge in [-0.15, -0.1) is 0 Å². The average Bonchev–Trinajstić information content (AvgIpc) is 3.77. The first-order chi connectivity index (χ1) is 34.5. The Morgan fingerprint density at radius 3 is 1.91 bits per heavy atom. The van der Waals surface area contributed by atoms with Crippen LogP contribution in [0.1, 0.15) is 38.4 Å². The molecular weight excluding hydrogens is 558 g/mol. The summed E-state index contributed by atoms with van der Waals surface area (Å²) < 4.78 is 254. The summed E-state index contributed by atoms with van der Waals surface area (Å²) in [5.41, 5.74) is -7.00. The van der Waals surface area contributed by atoms with E-state index in [4.69, 9.17) is 29.1 Å². The van der Waals surface area contributed by atoms with Crippen molar-refractivity contribution in [3.63, 3.8) is 0 Å². The number of benzene rings is 8. The van der Waals surface area contributed by atoms with Crippen LogP contribution >= 0.6 is 0 Å². The van der Waals surface area contributed by atoms with Gasteiger partial charge in [-0.25, -0.2) is 0 Å². The van der Waals surface area contributed by atoms with E-state index in [0.29, 0.717) is 4.90 Å². The van der Waals surface area contributed by atoms with Gasteiger partial charge in [-0.05, 0) is 81.4 Å². The fourth-order valence-electron chi connectivity index (χ4n) is 4.87. The highest BCUT2D eigenvalue weighted by Crippen LogP contribution is 2.43. The summed E-state index contributed by atoms with van der Waals surface area (Å²) in [6.45, 7) is 0. The maximum Gasteiger partial charge on any atom is 0.143 e. The molecule has 0 saturated carbocycles. The molecule has 0 atom stereocenters. The summed E-state index contributed by atoms with van der Waals surface area (Å²) in [7, 11) is 0. The minimum absolute atomic E-state index is 0.405. The molecule has 0 aliphatic carbocycles. The maximum atomic E-state index is 9.56. The maximum absolute atomic E-state index is 9.56. The van der Waals surface area contributed by atoms with Crippen LogP contribution in [0.3, 0.4) is 0 Å². The van der Waals surface area contributed by atoms with Gasteiger partial charge in [-0.2, -0.15) is 0 Å². The molecule has 0 unspecified atom stereocenters. The van der Waals surface area contributed by atoms with Crippen LogP contribution in [0.4, 0.5) is 17.1 Å². The van der Waals surface area contributed by atoms with Gasteiger partial charge >= 0.3 is 0 Å². The average molecular weight is 616 g/mol. The van der Waals surface area contributed by atoms with Crippen LogP contribution < -0.4 is 4.90 Å². The summed E-state index contributed by atoms with van der Waals surface area (Å²) in [5.74, 6) is 0. The van der Waals surface area contributed by atoms with E-state index in [1.165, 1.54) is 0 Å². The third-order valence-corrected chi connectivity index (χ3v) is 6.95. The number of nitrogens with zero attached hydrogens (tertiary/aromatic N) is 1. The van der Waals surface area contributed by atoms with Crippen LogP contribution in [-0.2, 0) is 0 Å². The Hall–Kier alpha value is -6.12. The molecule has 0 aliphatic heterocycles. The van der Waals surface area contributed by atoms with Crippen molar-refractivity contribution in [2.75, 3.05) is 4.90 Å². The molecule has 1 heterocycles. The van der Waals surface area contributed by atoms with E-state index in [1.54, 1.807) is 0 Å². The van der Waals surface area contributed by atoms with Crippen molar-refractivity contribution in [1.29, 1.82) is 0 Å². The van der Waals surface area contributed by atoms with Gasteiger partial charge in [0.05, 0.1) is 44.1 Å². The zero-order valence-electron chi connectivity index (χ0n) is 50.9. The van der Waals surface area contributed by atoms with Gasteiger partial charge < -0.3 is 9.32 Å². The second kappa shape index (κ2) is 10.8. The Balaban J connectivity index is 1.49. The molecule has 9 aromatic rings. The van der Waals surface area contributed by atoms with Gasteiger partial charge in [0, 0.05) is 32.9 Å². The van der Waals surface area contributed by atoms with Crippen molar-refractivity contribution in [1.82, 2.24) is 0 Å². The first kappa shape index (κ1) is 10.5. The van der Waals surface area contributed by atoms with Crippen molar-refractivity contribution in [3.8, 4) is 22.3 Å². The summed E-state index contributed by atoms with van der Waals surface area (Å²) in [5, 5.41) is -3.32. The number of rotatable bonds is 5. The Morgan fingerprint density at radius 1 is 0.413 bits per heavy atom. The first-order valence-corrected chi connectivity index (χ1v) is 13.4. The quantitative estimate of drug-likeness (QED) is 0.191. The summed E-state index contributed by atoms with van der Waals surface area (Å²) in [6, 6.07) is -25.1. The van der Waals surface area contributed by atoms with Gasteiger partial charge in [0.1, 0.15) is 11.2 Å². The van der Waals surface area contributed by atoms with Crippen molar-refractivity contribution >= 4 is 60.5 Å². The molecule has 0 fully saturated rings. The van der Waals surface area contributed by atoms with Crippen LogP contribution in [0, 0.1) is 0 Å². The Labute approximate surface area is 306 Å². The van der Waals surface area contributed by atoms with Crippen molar-refractivity contribution in [3.05, 3.63) is 175 Å². The molecular formula is C44H29NO. The molecule has 0 bridgehead atoms. The molecule has 216 valence electrons. The lowest BCUT2D eigenvalue weighted by molar-refractivity contribution is 0.672. The molecule has 2 heteroatoms. The molecule has 0 N–H and O–H groups in total. The highest BCUT2D eigenvalue weighted by molar-refractivity contribution is 6.17. The number of hydrogen-bond acceptors (Lipinski definition) is 2. The van der Waals surface area contributed by atoms with Gasteiger partial charge in [0.2, 0.25) is 0 Å². The Bertz CT molecular complexity index is 4070. The zero-order chi connectivity index (χ0) is 54.8. The third kappa shape index (κ3) is 4.43. The highest BCUT2D eigenvalue weighted by atomic mass is 16.3. The van der Waals surface area contributed by atoms with Crippen LogP contribution in [0.2, 0.25) is 0 Å². The molecule has 0 saturated heterocycles. The standard InChI is InChI=1S/C44H29NO/c1-2-9-30(10-3-1)32-19-23-36(24-20-32)45(37-25-21-33(22-26-37)35-18-17-31-11-4-5-12-34(31)29-35)42-15-8-14-40-38(42)27-28-41-39-13-6-7-16-43(39)46-44(40)41/h1-29H/i1D,2D,3D,4D,5D,6D,7D,8D,9D,10D,11D,12D,13D,14D,15D,16D,17D,18D,19D,20D,21D,22D,23D,24D,25D,27D,28D,29D. The molecule has 0 aliphatic rings. The van der Waals surface area contributed by atoms with E-state index in [9.17, 15) is 13.7 Å². The lowest BCUT2D eigenvalue weighted by atomic mass is 10.00. The fourth-order valence-corrected chi connectivity index (χ4v) is 4.87. The summed E-state index contributed by atoms with van der Waals surface area (Å²) >= 11 is 0.